The molecule has 3 aromatic rings. The number of ether oxygens (including phenoxy) is 3. The number of carbonyl (C=O) groups is 1. The van der Waals surface area contributed by atoms with Crippen molar-refractivity contribution in [1.29, 1.82) is 0 Å². The fourth-order valence-corrected chi connectivity index (χ4v) is 2.83. The van der Waals surface area contributed by atoms with Gasteiger partial charge in [-0.2, -0.15) is 0 Å². The average molecular weight is 411 g/mol. The number of nitrogens with one attached hydrogen (secondary N) is 1. The van der Waals surface area contributed by atoms with Crippen molar-refractivity contribution in [3.63, 3.8) is 0 Å². The van der Waals surface area contributed by atoms with Crippen LogP contribution in [0.25, 0.3) is 11.3 Å². The Balaban J connectivity index is 1.86. The summed E-state index contributed by atoms with van der Waals surface area (Å²) in [6.45, 7) is 7.33. The van der Waals surface area contributed by atoms with E-state index in [0.29, 0.717) is 53.9 Å². The molecule has 0 saturated carbocycles. The van der Waals surface area contributed by atoms with Gasteiger partial charge in [0.05, 0.1) is 25.4 Å². The summed E-state index contributed by atoms with van der Waals surface area (Å²) < 4.78 is 21.8. The van der Waals surface area contributed by atoms with Crippen LogP contribution in [0.5, 0.6) is 17.2 Å². The third-order valence-electron chi connectivity index (χ3n) is 4.13. The van der Waals surface area contributed by atoms with Gasteiger partial charge in [-0.1, -0.05) is 19.1 Å². The summed E-state index contributed by atoms with van der Waals surface area (Å²) in [6, 6.07) is 12.4. The molecule has 30 heavy (non-hydrogen) atoms. The van der Waals surface area contributed by atoms with Gasteiger partial charge in [-0.25, -0.2) is 4.63 Å². The van der Waals surface area contributed by atoms with Gasteiger partial charge in [0.1, 0.15) is 5.75 Å². The minimum atomic E-state index is -0.366. The Kier molecular flexibility index (Phi) is 7.26. The Morgan fingerprint density at radius 3 is 2.47 bits per heavy atom. The summed E-state index contributed by atoms with van der Waals surface area (Å²) in [5.74, 6) is 1.56. The summed E-state index contributed by atoms with van der Waals surface area (Å²) in [5.41, 5.74) is 1.47. The van der Waals surface area contributed by atoms with Crippen molar-refractivity contribution in [3.8, 4) is 28.5 Å². The van der Waals surface area contributed by atoms with Crippen LogP contribution in [0, 0.1) is 0 Å². The van der Waals surface area contributed by atoms with Crippen molar-refractivity contribution < 1.29 is 23.6 Å². The lowest BCUT2D eigenvalue weighted by Gasteiger charge is -2.12. The van der Waals surface area contributed by atoms with Crippen LogP contribution in [-0.4, -0.2) is 36.0 Å². The zero-order chi connectivity index (χ0) is 21.3. The molecule has 0 spiro atoms. The minimum Gasteiger partial charge on any atom is -0.493 e. The Bertz CT molecular complexity index is 986. The zero-order valence-corrected chi connectivity index (χ0v) is 17.3. The van der Waals surface area contributed by atoms with E-state index in [9.17, 15) is 4.79 Å². The molecule has 3 rings (SSSR count). The van der Waals surface area contributed by atoms with Gasteiger partial charge < -0.3 is 19.5 Å². The predicted octanol–water partition coefficient (Wildman–Crippen LogP) is 4.58. The van der Waals surface area contributed by atoms with Crippen LogP contribution >= 0.6 is 0 Å². The number of para-hydroxylation sites is 1. The number of benzene rings is 2. The standard InChI is InChI=1S/C22H25N3O5/c1-4-13-29-17-10-8-7-9-16(17)22(26)23-21-20(24-30-25-21)15-11-12-18(27-5-2)19(14-15)28-6-3/h7-12,14H,4-6,13H2,1-3H3,(H,23,25,26). The molecule has 0 aliphatic heterocycles. The quantitative estimate of drug-likeness (QED) is 0.522. The minimum absolute atomic E-state index is 0.205. The molecule has 0 atom stereocenters. The second-order valence-electron chi connectivity index (χ2n) is 6.29. The molecule has 1 amide bonds. The predicted molar refractivity (Wildman–Crippen MR) is 112 cm³/mol. The van der Waals surface area contributed by atoms with E-state index in [1.807, 2.05) is 26.8 Å². The Labute approximate surface area is 175 Å². The van der Waals surface area contributed by atoms with Crippen molar-refractivity contribution in [1.82, 2.24) is 10.3 Å². The number of hydrogen-bond acceptors (Lipinski definition) is 7. The molecule has 0 radical (unpaired) electrons. The molecule has 2 aromatic carbocycles. The van der Waals surface area contributed by atoms with Gasteiger partial charge in [0.15, 0.2) is 17.2 Å². The molecule has 158 valence electrons. The molecule has 0 fully saturated rings. The topological polar surface area (TPSA) is 95.7 Å². The Morgan fingerprint density at radius 1 is 0.933 bits per heavy atom. The van der Waals surface area contributed by atoms with Gasteiger partial charge in [0.2, 0.25) is 5.82 Å². The van der Waals surface area contributed by atoms with Crippen molar-refractivity contribution in [2.45, 2.75) is 27.2 Å². The molecule has 0 aliphatic carbocycles. The summed E-state index contributed by atoms with van der Waals surface area (Å²) in [7, 11) is 0. The van der Waals surface area contributed by atoms with Gasteiger partial charge >= 0.3 is 0 Å². The van der Waals surface area contributed by atoms with E-state index in [-0.39, 0.29) is 11.7 Å². The first-order valence-electron chi connectivity index (χ1n) is 9.93. The number of nitrogens with zero attached hydrogens (tertiary/aromatic N) is 2. The number of rotatable bonds is 10. The molecule has 1 N–H and O–H groups in total. The third-order valence-corrected chi connectivity index (χ3v) is 4.13. The zero-order valence-electron chi connectivity index (χ0n) is 17.3. The van der Waals surface area contributed by atoms with Crippen LogP contribution in [0.4, 0.5) is 5.82 Å². The highest BCUT2D eigenvalue weighted by atomic mass is 16.6. The summed E-state index contributed by atoms with van der Waals surface area (Å²) >= 11 is 0. The fourth-order valence-electron chi connectivity index (χ4n) is 2.83. The largest absolute Gasteiger partial charge is 0.493 e. The van der Waals surface area contributed by atoms with Gasteiger partial charge in [-0.3, -0.25) is 4.79 Å². The van der Waals surface area contributed by atoms with Gasteiger partial charge in [0.25, 0.3) is 5.91 Å². The maximum atomic E-state index is 12.8. The van der Waals surface area contributed by atoms with E-state index in [4.69, 9.17) is 18.8 Å². The molecule has 0 saturated heterocycles. The monoisotopic (exact) mass is 411 g/mol. The molecular weight excluding hydrogens is 386 g/mol. The highest BCUT2D eigenvalue weighted by molar-refractivity contribution is 6.07. The lowest BCUT2D eigenvalue weighted by atomic mass is 10.1. The van der Waals surface area contributed by atoms with Crippen LogP contribution in [0.2, 0.25) is 0 Å². The second-order valence-corrected chi connectivity index (χ2v) is 6.29. The van der Waals surface area contributed by atoms with Crippen LogP contribution in [0.1, 0.15) is 37.6 Å². The lowest BCUT2D eigenvalue weighted by molar-refractivity contribution is 0.102. The molecule has 0 unspecified atom stereocenters. The van der Waals surface area contributed by atoms with Crippen molar-refractivity contribution >= 4 is 11.7 Å². The molecule has 0 bridgehead atoms. The van der Waals surface area contributed by atoms with Crippen LogP contribution in [0.15, 0.2) is 47.1 Å². The number of hydrogen-bond donors (Lipinski definition) is 1. The summed E-state index contributed by atoms with van der Waals surface area (Å²) in [6.07, 6.45) is 0.840. The Morgan fingerprint density at radius 2 is 1.70 bits per heavy atom. The number of carbonyl (C=O) groups excluding carboxylic acids is 1. The number of anilines is 1. The first-order valence-corrected chi connectivity index (χ1v) is 9.93. The highest BCUT2D eigenvalue weighted by Crippen LogP contribution is 2.34. The van der Waals surface area contributed by atoms with Crippen LogP contribution in [-0.2, 0) is 0 Å². The van der Waals surface area contributed by atoms with E-state index in [1.165, 1.54) is 0 Å². The van der Waals surface area contributed by atoms with Gasteiger partial charge in [0, 0.05) is 5.56 Å². The van der Waals surface area contributed by atoms with E-state index in [0.717, 1.165) is 6.42 Å². The molecule has 1 heterocycles. The van der Waals surface area contributed by atoms with E-state index in [1.54, 1.807) is 36.4 Å². The fraction of sp³-hybridized carbons (Fsp3) is 0.318. The van der Waals surface area contributed by atoms with Crippen molar-refractivity contribution in [2.75, 3.05) is 25.1 Å². The van der Waals surface area contributed by atoms with E-state index >= 15 is 0 Å². The van der Waals surface area contributed by atoms with Crippen LogP contribution in [0.3, 0.4) is 0 Å². The number of aromatic nitrogens is 2. The normalized spacial score (nSPS) is 10.5. The second kappa shape index (κ2) is 10.3. The van der Waals surface area contributed by atoms with Gasteiger partial charge in [-0.15, -0.1) is 0 Å². The van der Waals surface area contributed by atoms with Crippen LogP contribution < -0.4 is 19.5 Å². The Hall–Kier alpha value is -3.55. The summed E-state index contributed by atoms with van der Waals surface area (Å²) in [5, 5.41) is 10.6. The lowest BCUT2D eigenvalue weighted by Crippen LogP contribution is -2.14. The highest BCUT2D eigenvalue weighted by Gasteiger charge is 2.20. The smallest absolute Gasteiger partial charge is 0.260 e. The van der Waals surface area contributed by atoms with Crippen molar-refractivity contribution in [2.24, 2.45) is 0 Å². The van der Waals surface area contributed by atoms with Crippen molar-refractivity contribution in [3.05, 3.63) is 48.0 Å². The van der Waals surface area contributed by atoms with E-state index in [2.05, 4.69) is 15.6 Å². The third kappa shape index (κ3) is 4.89. The average Bonchev–Trinajstić information content (AvgIpc) is 3.22. The molecule has 1 aromatic heterocycles. The molecule has 8 heteroatoms. The first-order chi connectivity index (χ1) is 14.7. The first kappa shape index (κ1) is 21.2. The number of amides is 1. The van der Waals surface area contributed by atoms with Gasteiger partial charge in [-0.05, 0) is 60.9 Å². The molecule has 0 aliphatic rings. The SMILES string of the molecule is CCCOc1ccccc1C(=O)Nc1nonc1-c1ccc(OCC)c(OCC)c1. The molecule has 8 nitrogen and oxygen atoms in total. The molecular formula is C22H25N3O5. The maximum Gasteiger partial charge on any atom is 0.260 e. The van der Waals surface area contributed by atoms with E-state index < -0.39 is 0 Å². The maximum absolute atomic E-state index is 12.8. The summed E-state index contributed by atoms with van der Waals surface area (Å²) in [4.78, 5) is 12.8.